The fourth-order valence-corrected chi connectivity index (χ4v) is 2.42. The molecule has 1 rings (SSSR count). The van der Waals surface area contributed by atoms with Crippen LogP contribution in [-0.4, -0.2) is 13.1 Å². The van der Waals surface area contributed by atoms with Gasteiger partial charge in [-0.25, -0.2) is 0 Å². The second kappa shape index (κ2) is 6.80. The molecule has 96 valence electrons. The minimum Gasteiger partial charge on any atom is -0.316 e. The van der Waals surface area contributed by atoms with Gasteiger partial charge in [0.25, 0.3) is 0 Å². The van der Waals surface area contributed by atoms with Crippen LogP contribution in [0.5, 0.6) is 0 Å². The number of benzene rings is 1. The molecule has 0 aliphatic carbocycles. The normalized spacial score (nSPS) is 11.8. The minimum absolute atomic E-state index is 0.308. The molecule has 1 heteroatoms. The van der Waals surface area contributed by atoms with E-state index in [0.717, 1.165) is 13.1 Å². The summed E-state index contributed by atoms with van der Waals surface area (Å²) in [6, 6.07) is 9.07. The molecule has 0 aliphatic rings. The molecule has 0 atom stereocenters. The lowest BCUT2D eigenvalue weighted by Gasteiger charge is -2.33. The first kappa shape index (κ1) is 14.2. The van der Waals surface area contributed by atoms with E-state index in [9.17, 15) is 0 Å². The van der Waals surface area contributed by atoms with E-state index in [1.54, 1.807) is 0 Å². The number of hydrogen-bond donors (Lipinski definition) is 1. The third kappa shape index (κ3) is 3.57. The maximum Gasteiger partial charge on any atom is 0.00725 e. The Morgan fingerprint density at radius 1 is 1.00 bits per heavy atom. The first-order chi connectivity index (χ1) is 8.18. The SMILES string of the molecule is CCCNCC(CC)(CC)c1ccc(C)cc1. The van der Waals surface area contributed by atoms with Crippen molar-refractivity contribution >= 4 is 0 Å². The Morgan fingerprint density at radius 2 is 1.59 bits per heavy atom. The number of hydrogen-bond acceptors (Lipinski definition) is 1. The summed E-state index contributed by atoms with van der Waals surface area (Å²) in [4.78, 5) is 0. The van der Waals surface area contributed by atoms with Crippen LogP contribution in [0.2, 0.25) is 0 Å². The van der Waals surface area contributed by atoms with Gasteiger partial charge in [0.2, 0.25) is 0 Å². The highest BCUT2D eigenvalue weighted by Crippen LogP contribution is 2.31. The summed E-state index contributed by atoms with van der Waals surface area (Å²) < 4.78 is 0. The molecule has 0 saturated heterocycles. The molecule has 0 heterocycles. The third-order valence-corrected chi connectivity index (χ3v) is 3.91. The van der Waals surface area contributed by atoms with Crippen LogP contribution in [0.4, 0.5) is 0 Å². The van der Waals surface area contributed by atoms with E-state index in [4.69, 9.17) is 0 Å². The Morgan fingerprint density at radius 3 is 2.06 bits per heavy atom. The van der Waals surface area contributed by atoms with E-state index in [-0.39, 0.29) is 0 Å². The van der Waals surface area contributed by atoms with E-state index in [0.29, 0.717) is 5.41 Å². The highest BCUT2D eigenvalue weighted by Gasteiger charge is 2.27. The Kier molecular flexibility index (Phi) is 5.70. The highest BCUT2D eigenvalue weighted by molar-refractivity contribution is 5.29. The van der Waals surface area contributed by atoms with Gasteiger partial charge in [-0.3, -0.25) is 0 Å². The Balaban J connectivity index is 2.85. The predicted octanol–water partition coefficient (Wildman–Crippen LogP) is 4.05. The van der Waals surface area contributed by atoms with Gasteiger partial charge < -0.3 is 5.32 Å². The van der Waals surface area contributed by atoms with Crippen LogP contribution >= 0.6 is 0 Å². The summed E-state index contributed by atoms with van der Waals surface area (Å²) >= 11 is 0. The van der Waals surface area contributed by atoms with Crippen LogP contribution in [0.15, 0.2) is 24.3 Å². The van der Waals surface area contributed by atoms with Crippen LogP contribution in [0.1, 0.15) is 51.2 Å². The molecule has 0 saturated carbocycles. The molecule has 0 unspecified atom stereocenters. The Hall–Kier alpha value is -0.820. The molecule has 17 heavy (non-hydrogen) atoms. The first-order valence-electron chi connectivity index (χ1n) is 6.96. The number of aryl methyl sites for hydroxylation is 1. The maximum atomic E-state index is 3.59. The molecule has 0 aromatic heterocycles. The zero-order valence-electron chi connectivity index (χ0n) is 11.8. The summed E-state index contributed by atoms with van der Waals surface area (Å²) in [7, 11) is 0. The standard InChI is InChI=1S/C16H27N/c1-5-12-17-13-16(6-2,7-3)15-10-8-14(4)9-11-15/h8-11,17H,5-7,12-13H2,1-4H3. The minimum atomic E-state index is 0.308. The van der Waals surface area contributed by atoms with Crippen molar-refractivity contribution in [2.24, 2.45) is 0 Å². The molecule has 0 fully saturated rings. The van der Waals surface area contributed by atoms with Gasteiger partial charge in [0.15, 0.2) is 0 Å². The van der Waals surface area contributed by atoms with Crippen LogP contribution < -0.4 is 5.32 Å². The molecule has 1 aromatic carbocycles. The van der Waals surface area contributed by atoms with Crippen molar-refractivity contribution in [3.63, 3.8) is 0 Å². The average Bonchev–Trinajstić information content (AvgIpc) is 2.37. The molecular formula is C16H27N. The Bertz CT molecular complexity index is 309. The van der Waals surface area contributed by atoms with Gasteiger partial charge in [-0.05, 0) is 38.3 Å². The summed E-state index contributed by atoms with van der Waals surface area (Å²) in [6.07, 6.45) is 3.60. The highest BCUT2D eigenvalue weighted by atomic mass is 14.9. The Labute approximate surface area is 107 Å². The number of rotatable bonds is 7. The molecule has 0 aliphatic heterocycles. The van der Waals surface area contributed by atoms with Crippen molar-refractivity contribution in [3.8, 4) is 0 Å². The second-order valence-electron chi connectivity index (χ2n) is 5.03. The van der Waals surface area contributed by atoms with Crippen LogP contribution in [0, 0.1) is 6.92 Å². The molecule has 0 radical (unpaired) electrons. The van der Waals surface area contributed by atoms with E-state index >= 15 is 0 Å². The second-order valence-corrected chi connectivity index (χ2v) is 5.03. The van der Waals surface area contributed by atoms with E-state index in [1.165, 1.54) is 30.4 Å². The summed E-state index contributed by atoms with van der Waals surface area (Å²) in [5, 5.41) is 3.59. The summed E-state index contributed by atoms with van der Waals surface area (Å²) in [5.41, 5.74) is 3.14. The molecule has 1 N–H and O–H groups in total. The van der Waals surface area contributed by atoms with Gasteiger partial charge in [-0.2, -0.15) is 0 Å². The van der Waals surface area contributed by atoms with E-state index in [1.807, 2.05) is 0 Å². The smallest absolute Gasteiger partial charge is 0.00725 e. The van der Waals surface area contributed by atoms with Crippen molar-refractivity contribution in [1.82, 2.24) is 5.32 Å². The maximum absolute atomic E-state index is 3.59. The van der Waals surface area contributed by atoms with Gasteiger partial charge in [-0.1, -0.05) is 50.6 Å². The van der Waals surface area contributed by atoms with E-state index < -0.39 is 0 Å². The molecule has 0 spiro atoms. The lowest BCUT2D eigenvalue weighted by molar-refractivity contribution is 0.369. The quantitative estimate of drug-likeness (QED) is 0.701. The van der Waals surface area contributed by atoms with Crippen molar-refractivity contribution in [3.05, 3.63) is 35.4 Å². The predicted molar refractivity (Wildman–Crippen MR) is 76.6 cm³/mol. The lowest BCUT2D eigenvalue weighted by atomic mass is 9.75. The summed E-state index contributed by atoms with van der Waals surface area (Å²) in [6.45, 7) is 11.2. The molecule has 0 amide bonds. The first-order valence-corrected chi connectivity index (χ1v) is 6.96. The average molecular weight is 233 g/mol. The zero-order valence-corrected chi connectivity index (χ0v) is 11.8. The van der Waals surface area contributed by atoms with Crippen molar-refractivity contribution in [1.29, 1.82) is 0 Å². The molecule has 1 nitrogen and oxygen atoms in total. The monoisotopic (exact) mass is 233 g/mol. The largest absolute Gasteiger partial charge is 0.316 e. The van der Waals surface area contributed by atoms with Gasteiger partial charge in [0, 0.05) is 12.0 Å². The fraction of sp³-hybridized carbons (Fsp3) is 0.625. The lowest BCUT2D eigenvalue weighted by Crippen LogP contribution is -2.37. The topological polar surface area (TPSA) is 12.0 Å². The van der Waals surface area contributed by atoms with Crippen LogP contribution in [0.25, 0.3) is 0 Å². The zero-order chi connectivity index (χ0) is 12.7. The molecular weight excluding hydrogens is 206 g/mol. The van der Waals surface area contributed by atoms with Crippen LogP contribution in [0.3, 0.4) is 0 Å². The van der Waals surface area contributed by atoms with Gasteiger partial charge in [0.1, 0.15) is 0 Å². The number of nitrogens with one attached hydrogen (secondary N) is 1. The van der Waals surface area contributed by atoms with Gasteiger partial charge >= 0.3 is 0 Å². The van der Waals surface area contributed by atoms with Crippen molar-refractivity contribution < 1.29 is 0 Å². The molecule has 1 aromatic rings. The van der Waals surface area contributed by atoms with Gasteiger partial charge in [-0.15, -0.1) is 0 Å². The van der Waals surface area contributed by atoms with Crippen molar-refractivity contribution in [2.75, 3.05) is 13.1 Å². The van der Waals surface area contributed by atoms with E-state index in [2.05, 4.69) is 57.3 Å². The third-order valence-electron chi connectivity index (χ3n) is 3.91. The summed E-state index contributed by atoms with van der Waals surface area (Å²) in [5.74, 6) is 0. The van der Waals surface area contributed by atoms with Crippen LogP contribution in [-0.2, 0) is 5.41 Å². The molecule has 0 bridgehead atoms. The fourth-order valence-electron chi connectivity index (χ4n) is 2.42. The van der Waals surface area contributed by atoms with Crippen molar-refractivity contribution in [2.45, 2.75) is 52.4 Å². The van der Waals surface area contributed by atoms with Gasteiger partial charge in [0.05, 0.1) is 0 Å².